The molecule has 15 nitrogen and oxygen atoms in total. The Balaban J connectivity index is 0.000000324. The molecule has 0 radical (unpaired) electrons. The summed E-state index contributed by atoms with van der Waals surface area (Å²) in [4.78, 5) is 47.9. The third kappa shape index (κ3) is 12.2. The lowest BCUT2D eigenvalue weighted by atomic mass is 10.1. The van der Waals surface area contributed by atoms with Crippen LogP contribution in [0.5, 0.6) is 23.0 Å². The fourth-order valence-corrected chi connectivity index (χ4v) is 5.77. The Morgan fingerprint density at radius 3 is 1.85 bits per heavy atom. The highest BCUT2D eigenvalue weighted by Crippen LogP contribution is 2.33. The van der Waals surface area contributed by atoms with Crippen molar-refractivity contribution in [2.45, 2.75) is 32.2 Å². The smallest absolute Gasteiger partial charge is 0.234 e. The number of benzene rings is 3. The molecule has 0 aliphatic heterocycles. The second-order valence-corrected chi connectivity index (χ2v) is 11.8. The number of ketones is 2. The van der Waals surface area contributed by atoms with Crippen molar-refractivity contribution in [2.24, 2.45) is 5.84 Å². The minimum Gasteiger partial charge on any atom is -0.493 e. The summed E-state index contributed by atoms with van der Waals surface area (Å²) in [6.45, 7) is -0.0280. The number of thiophene rings is 1. The number of hydrazine groups is 2. The zero-order chi connectivity index (χ0) is 38.8. The van der Waals surface area contributed by atoms with Gasteiger partial charge in [-0.3, -0.25) is 30.0 Å². The standard InChI is InChI=1S/C23H22FN3O5S.C13H18N2O5/c1-31-19-7-5-14(11-20(19)32-10-9-28)18(29)6-8-22(30)27-26-13-16-15-3-2-4-17(24)23(15)33-21(16)12-25;1-19-11-4-2-9(8-12(11)20-7-6-16)10(17)3-5-13(18)15-14/h2-5,7,11,26,28H,6,8-10,13H2,1H3,(H,27,30);2,4,8,16H,3,5-7,14H2,1H3,(H,15,18). The van der Waals surface area contributed by atoms with Crippen molar-refractivity contribution in [3.8, 4) is 29.1 Å². The largest absolute Gasteiger partial charge is 0.493 e. The van der Waals surface area contributed by atoms with E-state index in [-0.39, 0.29) is 70.2 Å². The Labute approximate surface area is 308 Å². The van der Waals surface area contributed by atoms with E-state index in [0.717, 1.165) is 11.3 Å². The van der Waals surface area contributed by atoms with Crippen LogP contribution < -0.4 is 41.1 Å². The van der Waals surface area contributed by atoms with E-state index >= 15 is 0 Å². The van der Waals surface area contributed by atoms with Gasteiger partial charge in [-0.2, -0.15) is 5.26 Å². The van der Waals surface area contributed by atoms with E-state index in [1.807, 2.05) is 5.43 Å². The van der Waals surface area contributed by atoms with Crippen LogP contribution in [0.3, 0.4) is 0 Å². The molecule has 0 spiro atoms. The van der Waals surface area contributed by atoms with Gasteiger partial charge in [-0.25, -0.2) is 15.7 Å². The van der Waals surface area contributed by atoms with Crippen LogP contribution in [0.25, 0.3) is 10.1 Å². The Morgan fingerprint density at radius 1 is 0.811 bits per heavy atom. The maximum absolute atomic E-state index is 14.0. The van der Waals surface area contributed by atoms with E-state index < -0.39 is 17.6 Å². The Kier molecular flexibility index (Phi) is 17.1. The summed E-state index contributed by atoms with van der Waals surface area (Å²) in [7, 11) is 2.95. The average Bonchev–Trinajstić information content (AvgIpc) is 3.55. The molecular formula is C36H40FN5O10S. The van der Waals surface area contributed by atoms with Gasteiger partial charge in [0.15, 0.2) is 34.6 Å². The second-order valence-electron chi connectivity index (χ2n) is 10.8. The molecule has 1 heterocycles. The minimum absolute atomic E-state index is 0.0220. The number of methoxy groups -OCH3 is 2. The fourth-order valence-electron chi connectivity index (χ4n) is 4.75. The lowest BCUT2D eigenvalue weighted by molar-refractivity contribution is -0.122. The van der Waals surface area contributed by atoms with Crippen molar-refractivity contribution in [2.75, 3.05) is 40.6 Å². The van der Waals surface area contributed by atoms with Crippen LogP contribution in [0.2, 0.25) is 0 Å². The van der Waals surface area contributed by atoms with Crippen molar-refractivity contribution < 1.29 is 52.7 Å². The molecule has 0 unspecified atom stereocenters. The number of carbonyl (C=O) groups excluding carboxylic acids is 4. The molecule has 4 rings (SSSR count). The number of hydrogen-bond acceptors (Lipinski definition) is 14. The van der Waals surface area contributed by atoms with Gasteiger partial charge in [-0.05, 0) is 42.5 Å². The minimum atomic E-state index is -0.405. The number of nitriles is 1. The third-order valence-electron chi connectivity index (χ3n) is 7.35. The van der Waals surface area contributed by atoms with Gasteiger partial charge in [0.05, 0.1) is 32.1 Å². The topological polar surface area (TPSA) is 232 Å². The van der Waals surface area contributed by atoms with E-state index in [4.69, 9.17) is 35.0 Å². The maximum Gasteiger partial charge on any atom is 0.234 e. The monoisotopic (exact) mass is 753 g/mol. The van der Waals surface area contributed by atoms with E-state index in [0.29, 0.717) is 54.7 Å². The molecule has 0 saturated heterocycles. The van der Waals surface area contributed by atoms with Crippen LogP contribution in [-0.4, -0.2) is 74.2 Å². The predicted octanol–water partition coefficient (Wildman–Crippen LogP) is 3.09. The number of ether oxygens (including phenoxy) is 4. The highest BCUT2D eigenvalue weighted by molar-refractivity contribution is 7.19. The first-order valence-electron chi connectivity index (χ1n) is 16.1. The first-order valence-corrected chi connectivity index (χ1v) is 16.9. The number of aliphatic hydroxyl groups is 2. The molecule has 0 atom stereocenters. The van der Waals surface area contributed by atoms with Gasteiger partial charge in [0.2, 0.25) is 11.8 Å². The first-order chi connectivity index (χ1) is 25.6. The van der Waals surface area contributed by atoms with Gasteiger partial charge in [0.1, 0.15) is 30.0 Å². The number of amides is 2. The van der Waals surface area contributed by atoms with Crippen molar-refractivity contribution >= 4 is 44.8 Å². The summed E-state index contributed by atoms with van der Waals surface area (Å²) in [6, 6.07) is 16.1. The van der Waals surface area contributed by atoms with Crippen molar-refractivity contribution in [1.82, 2.24) is 16.3 Å². The maximum atomic E-state index is 14.0. The van der Waals surface area contributed by atoms with E-state index in [1.54, 1.807) is 36.4 Å². The van der Waals surface area contributed by atoms with Crippen LogP contribution in [-0.2, 0) is 16.1 Å². The highest BCUT2D eigenvalue weighted by atomic mass is 32.1. The van der Waals surface area contributed by atoms with Crippen LogP contribution in [0.4, 0.5) is 4.39 Å². The molecule has 4 aromatic rings. The molecule has 2 amide bonds. The lowest BCUT2D eigenvalue weighted by Crippen LogP contribution is -2.37. The Hall–Kier alpha value is -5.64. The molecule has 0 aliphatic rings. The number of nitrogens with one attached hydrogen (secondary N) is 3. The van der Waals surface area contributed by atoms with Gasteiger partial charge >= 0.3 is 0 Å². The van der Waals surface area contributed by atoms with Crippen LogP contribution in [0.15, 0.2) is 54.6 Å². The summed E-state index contributed by atoms with van der Waals surface area (Å²) in [5.41, 5.74) is 8.58. The number of Topliss-reactive ketones (excluding diaryl/α,β-unsaturated/α-hetero) is 2. The summed E-state index contributed by atoms with van der Waals surface area (Å²) in [6.07, 6.45) is -0.0207. The number of aliphatic hydroxyl groups excluding tert-OH is 2. The van der Waals surface area contributed by atoms with E-state index in [2.05, 4.69) is 16.9 Å². The van der Waals surface area contributed by atoms with E-state index in [1.165, 1.54) is 32.4 Å². The van der Waals surface area contributed by atoms with Gasteiger partial charge in [-0.15, -0.1) is 11.3 Å². The molecule has 7 N–H and O–H groups in total. The molecule has 282 valence electrons. The SMILES string of the molecule is COc1ccc(C(=O)CCC(=O)NN)cc1OCCO.COc1ccc(C(=O)CCC(=O)NNCc2c(C#N)sc3c(F)cccc23)cc1OCCO. The predicted molar refractivity (Wildman–Crippen MR) is 192 cm³/mol. The molecular weight excluding hydrogens is 713 g/mol. The number of halogens is 1. The number of carbonyl (C=O) groups is 4. The van der Waals surface area contributed by atoms with Gasteiger partial charge in [0.25, 0.3) is 0 Å². The van der Waals surface area contributed by atoms with Crippen LogP contribution >= 0.6 is 11.3 Å². The molecule has 0 aliphatic carbocycles. The summed E-state index contributed by atoms with van der Waals surface area (Å²) < 4.78 is 35.3. The molecule has 0 fully saturated rings. The zero-order valence-corrected chi connectivity index (χ0v) is 29.8. The Bertz CT molecular complexity index is 1930. The summed E-state index contributed by atoms with van der Waals surface area (Å²) >= 11 is 1.06. The first kappa shape index (κ1) is 41.8. The summed E-state index contributed by atoms with van der Waals surface area (Å²) in [5.74, 6) is 4.88. The molecule has 1 aromatic heterocycles. The number of rotatable bonds is 19. The van der Waals surface area contributed by atoms with Crippen LogP contribution in [0.1, 0.15) is 56.8 Å². The van der Waals surface area contributed by atoms with Gasteiger partial charge in [-0.1, -0.05) is 12.1 Å². The van der Waals surface area contributed by atoms with Crippen molar-refractivity contribution in [1.29, 1.82) is 5.26 Å². The molecule has 0 saturated carbocycles. The van der Waals surface area contributed by atoms with Crippen molar-refractivity contribution in [3.63, 3.8) is 0 Å². The lowest BCUT2D eigenvalue weighted by Gasteiger charge is -2.11. The molecule has 3 aromatic carbocycles. The Morgan fingerprint density at radius 2 is 1.36 bits per heavy atom. The van der Waals surface area contributed by atoms with Gasteiger partial charge in [0, 0.05) is 54.3 Å². The number of nitrogens with zero attached hydrogens (tertiary/aromatic N) is 1. The normalized spacial score (nSPS) is 10.4. The number of nitrogens with two attached hydrogens (primary N) is 1. The quantitative estimate of drug-likeness (QED) is 0.0350. The number of hydrogen-bond donors (Lipinski definition) is 6. The van der Waals surface area contributed by atoms with E-state index in [9.17, 15) is 28.8 Å². The highest BCUT2D eigenvalue weighted by Gasteiger charge is 2.17. The fraction of sp³-hybridized carbons (Fsp3) is 0.306. The zero-order valence-electron chi connectivity index (χ0n) is 29.0. The molecule has 17 heteroatoms. The molecule has 53 heavy (non-hydrogen) atoms. The number of fused-ring (bicyclic) bond motifs is 1. The third-order valence-corrected chi connectivity index (χ3v) is 8.51. The summed E-state index contributed by atoms with van der Waals surface area (Å²) in [5, 5.41) is 27.6. The average molecular weight is 754 g/mol. The molecule has 0 bridgehead atoms. The second kappa shape index (κ2) is 21.7. The van der Waals surface area contributed by atoms with Crippen LogP contribution in [0, 0.1) is 17.1 Å². The van der Waals surface area contributed by atoms with Gasteiger partial charge < -0.3 is 29.2 Å². The van der Waals surface area contributed by atoms with Crippen molar-refractivity contribution in [3.05, 3.63) is 82.0 Å².